The van der Waals surface area contributed by atoms with Gasteiger partial charge in [0.25, 0.3) is 0 Å². The van der Waals surface area contributed by atoms with Gasteiger partial charge in [-0.25, -0.2) is 9.78 Å². The largest absolute Gasteiger partial charge is 0.479 e. The Hall–Kier alpha value is -2.19. The van der Waals surface area contributed by atoms with E-state index in [-0.39, 0.29) is 13.0 Å². The number of carbonyl (C=O) groups excluding carboxylic acids is 1. The molecule has 0 aromatic carbocycles. The van der Waals surface area contributed by atoms with E-state index in [0.29, 0.717) is 5.69 Å². The molecule has 1 amide bonds. The van der Waals surface area contributed by atoms with Crippen LogP contribution in [0.2, 0.25) is 0 Å². The molecule has 2 rings (SSSR count). The number of carboxylic acids is 1. The summed E-state index contributed by atoms with van der Waals surface area (Å²) in [6.07, 6.45) is 3.12. The molecule has 1 unspecified atom stereocenters. The lowest BCUT2D eigenvalue weighted by molar-refractivity contribution is -0.156. The van der Waals surface area contributed by atoms with Crippen molar-refractivity contribution in [3.8, 4) is 10.6 Å². The third kappa shape index (κ3) is 3.89. The first kappa shape index (κ1) is 15.2. The molecule has 0 aliphatic heterocycles. The number of thiazole rings is 1. The van der Waals surface area contributed by atoms with Crippen molar-refractivity contribution in [2.45, 2.75) is 18.9 Å². The minimum Gasteiger partial charge on any atom is -0.479 e. The number of amides is 1. The van der Waals surface area contributed by atoms with Crippen molar-refractivity contribution in [1.82, 2.24) is 10.3 Å². The number of hydrogen-bond acceptors (Lipinski definition) is 6. The molecule has 2 heterocycles. The summed E-state index contributed by atoms with van der Waals surface area (Å²) in [6, 6.07) is 1.77. The van der Waals surface area contributed by atoms with Crippen LogP contribution in [0.4, 0.5) is 0 Å². The molecular formula is C13H14N2O5S. The lowest BCUT2D eigenvalue weighted by Crippen LogP contribution is -2.46. The van der Waals surface area contributed by atoms with Gasteiger partial charge in [-0.15, -0.1) is 11.3 Å². The predicted octanol–water partition coefficient (Wildman–Crippen LogP) is 0.897. The maximum atomic E-state index is 11.7. The second-order valence-corrected chi connectivity index (χ2v) is 5.55. The number of nitrogens with zero attached hydrogens (tertiary/aromatic N) is 1. The summed E-state index contributed by atoms with van der Waals surface area (Å²) in [7, 11) is 0. The highest BCUT2D eigenvalue weighted by Gasteiger charge is 2.30. The molecule has 112 valence electrons. The molecule has 0 radical (unpaired) electrons. The van der Waals surface area contributed by atoms with Gasteiger partial charge in [-0.3, -0.25) is 4.79 Å². The van der Waals surface area contributed by atoms with Gasteiger partial charge in [0.1, 0.15) is 11.3 Å². The fourth-order valence-corrected chi connectivity index (χ4v) is 2.29. The van der Waals surface area contributed by atoms with E-state index in [0.717, 1.165) is 17.5 Å². The van der Waals surface area contributed by atoms with Crippen molar-refractivity contribution < 1.29 is 24.2 Å². The lowest BCUT2D eigenvalue weighted by atomic mass is 10.1. The van der Waals surface area contributed by atoms with E-state index in [2.05, 4.69) is 10.3 Å². The minimum absolute atomic E-state index is 0.0179. The quantitative estimate of drug-likeness (QED) is 0.730. The molecule has 0 aliphatic rings. The van der Waals surface area contributed by atoms with Gasteiger partial charge in [0.15, 0.2) is 5.60 Å². The van der Waals surface area contributed by atoms with Gasteiger partial charge in [0, 0.05) is 10.9 Å². The van der Waals surface area contributed by atoms with Gasteiger partial charge in [0.2, 0.25) is 5.91 Å². The molecular weight excluding hydrogens is 296 g/mol. The van der Waals surface area contributed by atoms with Crippen LogP contribution >= 0.6 is 11.3 Å². The van der Waals surface area contributed by atoms with Gasteiger partial charge in [-0.2, -0.15) is 0 Å². The van der Waals surface area contributed by atoms with E-state index in [1.807, 2.05) is 0 Å². The van der Waals surface area contributed by atoms with Crippen LogP contribution in [-0.2, 0) is 16.0 Å². The zero-order chi connectivity index (χ0) is 15.5. The van der Waals surface area contributed by atoms with Crippen molar-refractivity contribution in [1.29, 1.82) is 0 Å². The second-order valence-electron chi connectivity index (χ2n) is 4.69. The van der Waals surface area contributed by atoms with Crippen LogP contribution in [0.5, 0.6) is 0 Å². The van der Waals surface area contributed by atoms with Crippen LogP contribution < -0.4 is 5.32 Å². The maximum Gasteiger partial charge on any atom is 0.337 e. The Morgan fingerprint density at radius 3 is 2.90 bits per heavy atom. The number of carboxylic acid groups (broad SMARTS) is 1. The summed E-state index contributed by atoms with van der Waals surface area (Å²) in [5.41, 5.74) is -0.580. The zero-order valence-electron chi connectivity index (χ0n) is 11.2. The van der Waals surface area contributed by atoms with E-state index in [1.165, 1.54) is 17.6 Å². The van der Waals surface area contributed by atoms with Crippen LogP contribution in [0.15, 0.2) is 28.4 Å². The van der Waals surface area contributed by atoms with E-state index >= 15 is 0 Å². The lowest BCUT2D eigenvalue weighted by Gasteiger charge is -2.17. The molecule has 2 aromatic heterocycles. The molecule has 1 atom stereocenters. The van der Waals surface area contributed by atoms with Gasteiger partial charge in [-0.1, -0.05) is 0 Å². The highest BCUT2D eigenvalue weighted by Crippen LogP contribution is 2.24. The van der Waals surface area contributed by atoms with Crippen LogP contribution in [0.1, 0.15) is 12.6 Å². The van der Waals surface area contributed by atoms with Crippen LogP contribution in [0, 0.1) is 0 Å². The summed E-state index contributed by atoms with van der Waals surface area (Å²) in [5, 5.41) is 23.1. The van der Waals surface area contributed by atoms with E-state index in [1.54, 1.807) is 17.7 Å². The molecule has 2 aromatic rings. The fraction of sp³-hybridized carbons (Fsp3) is 0.308. The van der Waals surface area contributed by atoms with Crippen molar-refractivity contribution in [2.75, 3.05) is 6.54 Å². The number of aromatic nitrogens is 1. The third-order valence-electron chi connectivity index (χ3n) is 2.75. The molecule has 7 nitrogen and oxygen atoms in total. The average Bonchev–Trinajstić information content (AvgIpc) is 3.06. The van der Waals surface area contributed by atoms with Gasteiger partial charge >= 0.3 is 5.97 Å². The van der Waals surface area contributed by atoms with Gasteiger partial charge in [-0.05, 0) is 13.0 Å². The Morgan fingerprint density at radius 1 is 1.52 bits per heavy atom. The molecule has 0 aliphatic carbocycles. The smallest absolute Gasteiger partial charge is 0.337 e. The van der Waals surface area contributed by atoms with E-state index in [9.17, 15) is 14.7 Å². The topological polar surface area (TPSA) is 113 Å². The third-order valence-corrected chi connectivity index (χ3v) is 3.69. The Morgan fingerprint density at radius 2 is 2.29 bits per heavy atom. The number of aliphatic carboxylic acids is 1. The normalized spacial score (nSPS) is 13.6. The number of rotatable bonds is 6. The van der Waals surface area contributed by atoms with Crippen molar-refractivity contribution in [3.63, 3.8) is 0 Å². The van der Waals surface area contributed by atoms with Crippen molar-refractivity contribution in [3.05, 3.63) is 29.7 Å². The molecule has 0 saturated heterocycles. The molecule has 3 N–H and O–H groups in total. The summed E-state index contributed by atoms with van der Waals surface area (Å²) < 4.78 is 4.96. The standard InChI is InChI=1S/C13H14N2O5S/c1-13(19,12(17)18)7-14-10(16)4-9-6-21-11(15-9)8-2-3-20-5-8/h2-3,5-6,19H,4,7H2,1H3,(H,14,16)(H,17,18). The second kappa shape index (κ2) is 6.06. The van der Waals surface area contributed by atoms with Crippen molar-refractivity contribution in [2.24, 2.45) is 0 Å². The predicted molar refractivity (Wildman–Crippen MR) is 74.8 cm³/mol. The maximum absolute atomic E-state index is 11.7. The molecule has 21 heavy (non-hydrogen) atoms. The molecule has 0 fully saturated rings. The first-order valence-corrected chi connectivity index (χ1v) is 6.96. The monoisotopic (exact) mass is 310 g/mol. The number of furan rings is 1. The number of nitrogens with one attached hydrogen (secondary N) is 1. The number of carbonyl (C=O) groups is 2. The SMILES string of the molecule is CC(O)(CNC(=O)Cc1csc(-c2ccoc2)n1)C(=O)O. The zero-order valence-corrected chi connectivity index (χ0v) is 12.0. The van der Waals surface area contributed by atoms with Crippen molar-refractivity contribution >= 4 is 23.2 Å². The first-order chi connectivity index (χ1) is 9.88. The van der Waals surface area contributed by atoms with Crippen LogP contribution in [0.25, 0.3) is 10.6 Å². The van der Waals surface area contributed by atoms with Gasteiger partial charge in [0.05, 0.1) is 24.9 Å². The Bertz CT molecular complexity index is 633. The Kier molecular flexibility index (Phi) is 4.39. The summed E-state index contributed by atoms with van der Waals surface area (Å²) in [5.74, 6) is -1.79. The molecule has 0 saturated carbocycles. The van der Waals surface area contributed by atoms with E-state index < -0.39 is 17.5 Å². The highest BCUT2D eigenvalue weighted by molar-refractivity contribution is 7.13. The Balaban J connectivity index is 1.90. The molecule has 0 bridgehead atoms. The van der Waals surface area contributed by atoms with Crippen LogP contribution in [-0.4, -0.2) is 39.2 Å². The minimum atomic E-state index is -1.99. The molecule has 0 spiro atoms. The molecule has 8 heteroatoms. The Labute approximate surface area is 124 Å². The number of hydrogen-bond donors (Lipinski definition) is 3. The summed E-state index contributed by atoms with van der Waals surface area (Å²) >= 11 is 1.38. The summed E-state index contributed by atoms with van der Waals surface area (Å²) in [6.45, 7) is 0.759. The highest BCUT2D eigenvalue weighted by atomic mass is 32.1. The fourth-order valence-electron chi connectivity index (χ4n) is 1.48. The van der Waals surface area contributed by atoms with Gasteiger partial charge < -0.3 is 19.9 Å². The van der Waals surface area contributed by atoms with Crippen LogP contribution in [0.3, 0.4) is 0 Å². The average molecular weight is 310 g/mol. The summed E-state index contributed by atoms with van der Waals surface area (Å²) in [4.78, 5) is 26.7. The van der Waals surface area contributed by atoms with E-state index in [4.69, 9.17) is 9.52 Å². The number of aliphatic hydroxyl groups is 1. The first-order valence-electron chi connectivity index (χ1n) is 6.08.